The Balaban J connectivity index is 1.77. The Morgan fingerprint density at radius 2 is 1.95 bits per heavy atom. The smallest absolute Gasteiger partial charge is 0.157 e. The molecule has 2 fully saturated rings. The third kappa shape index (κ3) is 2.91. The quantitative estimate of drug-likeness (QED) is 0.920. The van der Waals surface area contributed by atoms with Crippen LogP contribution in [-0.4, -0.2) is 32.6 Å². The van der Waals surface area contributed by atoms with Crippen LogP contribution in [0.1, 0.15) is 31.2 Å². The first kappa shape index (κ1) is 15.1. The van der Waals surface area contributed by atoms with Gasteiger partial charge in [-0.05, 0) is 30.5 Å². The molecule has 116 valence electrons. The molecule has 0 spiro atoms. The third-order valence-corrected chi connectivity index (χ3v) is 6.72. The molecule has 2 N–H and O–H groups in total. The second-order valence-electron chi connectivity index (χ2n) is 6.15. The fraction of sp³-hybridized carbons (Fsp3) is 0.600. The van der Waals surface area contributed by atoms with Crippen molar-refractivity contribution >= 4 is 21.4 Å². The maximum atomic E-state index is 11.2. The number of halogens is 1. The van der Waals surface area contributed by atoms with Crippen LogP contribution in [0.3, 0.4) is 0 Å². The molecule has 2 aliphatic rings. The lowest BCUT2D eigenvalue weighted by atomic mass is 9.79. The van der Waals surface area contributed by atoms with Gasteiger partial charge in [-0.25, -0.2) is 8.42 Å². The first-order chi connectivity index (χ1) is 9.94. The fourth-order valence-electron chi connectivity index (χ4n) is 3.35. The molecule has 6 heteroatoms. The van der Waals surface area contributed by atoms with E-state index in [4.69, 9.17) is 22.1 Å². The summed E-state index contributed by atoms with van der Waals surface area (Å²) < 4.78 is 28.0. The van der Waals surface area contributed by atoms with Crippen molar-refractivity contribution in [3.8, 4) is 5.75 Å². The van der Waals surface area contributed by atoms with Crippen LogP contribution >= 0.6 is 11.6 Å². The van der Waals surface area contributed by atoms with E-state index in [-0.39, 0.29) is 23.0 Å². The summed E-state index contributed by atoms with van der Waals surface area (Å²) >= 11 is 6.31. The summed E-state index contributed by atoms with van der Waals surface area (Å²) in [5, 5.41) is 0.538. The summed E-state index contributed by atoms with van der Waals surface area (Å²) in [5.74, 6) is 0.723. The first-order valence-corrected chi connectivity index (χ1v) is 9.51. The summed E-state index contributed by atoms with van der Waals surface area (Å²) in [4.78, 5) is 0. The highest BCUT2D eigenvalue weighted by Gasteiger charge is 2.37. The number of hydrogen-bond donors (Lipinski definition) is 1. The van der Waals surface area contributed by atoms with Gasteiger partial charge in [-0.3, -0.25) is 0 Å². The summed E-state index contributed by atoms with van der Waals surface area (Å²) in [6.07, 6.45) is 4.33. The zero-order valence-corrected chi connectivity index (χ0v) is 13.4. The average molecular weight is 330 g/mol. The Kier molecular flexibility index (Phi) is 3.93. The Morgan fingerprint density at radius 3 is 2.48 bits per heavy atom. The van der Waals surface area contributed by atoms with Gasteiger partial charge in [0, 0.05) is 12.0 Å². The van der Waals surface area contributed by atoms with E-state index in [9.17, 15) is 8.42 Å². The second-order valence-corrected chi connectivity index (χ2v) is 8.71. The van der Waals surface area contributed by atoms with Crippen molar-refractivity contribution in [3.63, 3.8) is 0 Å². The van der Waals surface area contributed by atoms with Crippen LogP contribution in [0.2, 0.25) is 5.02 Å². The third-order valence-electron chi connectivity index (χ3n) is 4.67. The predicted octanol–water partition coefficient (Wildman–Crippen LogP) is 2.29. The van der Waals surface area contributed by atoms with Crippen molar-refractivity contribution in [2.45, 2.75) is 37.2 Å². The average Bonchev–Trinajstić information content (AvgIpc) is 2.89. The van der Waals surface area contributed by atoms with Gasteiger partial charge in [0.05, 0.1) is 16.5 Å². The molecule has 0 radical (unpaired) electrons. The summed E-state index contributed by atoms with van der Waals surface area (Å²) in [7, 11) is -2.88. The Morgan fingerprint density at radius 1 is 1.29 bits per heavy atom. The largest absolute Gasteiger partial charge is 0.487 e. The predicted molar refractivity (Wildman–Crippen MR) is 83.7 cm³/mol. The molecule has 0 aromatic heterocycles. The van der Waals surface area contributed by atoms with Crippen molar-refractivity contribution in [1.82, 2.24) is 0 Å². The monoisotopic (exact) mass is 329 g/mol. The normalized spacial score (nSPS) is 23.7. The van der Waals surface area contributed by atoms with E-state index in [1.54, 1.807) is 0 Å². The number of rotatable bonds is 4. The van der Waals surface area contributed by atoms with Crippen LogP contribution in [0, 0.1) is 0 Å². The molecule has 1 aliphatic carbocycles. The van der Waals surface area contributed by atoms with Crippen molar-refractivity contribution in [1.29, 1.82) is 0 Å². The molecule has 1 aromatic rings. The molecule has 3 rings (SSSR count). The summed E-state index contributed by atoms with van der Waals surface area (Å²) in [6, 6.07) is 5.80. The van der Waals surface area contributed by atoms with Gasteiger partial charge in [-0.15, -0.1) is 0 Å². The molecule has 1 aromatic carbocycles. The molecular weight excluding hydrogens is 310 g/mol. The summed E-state index contributed by atoms with van der Waals surface area (Å²) in [6.45, 7) is 0.629. The molecule has 1 saturated carbocycles. The molecule has 4 nitrogen and oxygen atoms in total. The lowest BCUT2D eigenvalue weighted by Gasteiger charge is -2.30. The molecule has 21 heavy (non-hydrogen) atoms. The second kappa shape index (κ2) is 5.45. The minimum absolute atomic E-state index is 0.0436. The molecule has 1 heterocycles. The van der Waals surface area contributed by atoms with Gasteiger partial charge in [0.25, 0.3) is 0 Å². The van der Waals surface area contributed by atoms with Crippen molar-refractivity contribution in [2.24, 2.45) is 5.73 Å². The number of nitrogens with two attached hydrogens (primary N) is 1. The molecule has 0 amide bonds. The molecule has 1 aliphatic heterocycles. The lowest BCUT2D eigenvalue weighted by Crippen LogP contribution is -2.45. The van der Waals surface area contributed by atoms with Gasteiger partial charge in [-0.1, -0.05) is 30.5 Å². The first-order valence-electron chi connectivity index (χ1n) is 7.31. The van der Waals surface area contributed by atoms with Gasteiger partial charge >= 0.3 is 0 Å². The van der Waals surface area contributed by atoms with Crippen LogP contribution in [0.5, 0.6) is 5.75 Å². The Bertz CT molecular complexity index is 626. The minimum atomic E-state index is -2.88. The van der Waals surface area contributed by atoms with Crippen molar-refractivity contribution in [2.75, 3.05) is 18.1 Å². The van der Waals surface area contributed by atoms with Gasteiger partial charge in [0.15, 0.2) is 9.84 Å². The molecule has 0 bridgehead atoms. The van der Waals surface area contributed by atoms with E-state index in [0.717, 1.165) is 12.8 Å². The number of sulfone groups is 1. The molecule has 1 saturated heterocycles. The fourth-order valence-corrected chi connectivity index (χ4v) is 4.75. The van der Waals surface area contributed by atoms with Crippen LogP contribution in [0.15, 0.2) is 18.2 Å². The van der Waals surface area contributed by atoms with E-state index in [1.807, 2.05) is 18.2 Å². The van der Waals surface area contributed by atoms with Gasteiger partial charge in [0.1, 0.15) is 11.9 Å². The molecule has 0 atom stereocenters. The SMILES string of the molecule is NCC1(c2ccc(OC3CS(=O)(=O)C3)c(Cl)c2)CCCC1. The van der Waals surface area contributed by atoms with E-state index >= 15 is 0 Å². The van der Waals surface area contributed by atoms with E-state index in [0.29, 0.717) is 17.3 Å². The number of hydrogen-bond acceptors (Lipinski definition) is 4. The zero-order valence-electron chi connectivity index (χ0n) is 11.8. The van der Waals surface area contributed by atoms with E-state index in [1.165, 1.54) is 18.4 Å². The van der Waals surface area contributed by atoms with Gasteiger partial charge in [0.2, 0.25) is 0 Å². The van der Waals surface area contributed by atoms with E-state index < -0.39 is 9.84 Å². The standard InChI is InChI=1S/C15H20ClNO3S/c16-13-7-11(15(10-17)5-1-2-6-15)3-4-14(13)20-12-8-21(18,19)9-12/h3-4,7,12H,1-2,5-6,8-10,17H2. The topological polar surface area (TPSA) is 69.4 Å². The number of benzene rings is 1. The van der Waals surface area contributed by atoms with Crippen LogP contribution in [0.25, 0.3) is 0 Å². The Labute approximate surface area is 130 Å². The number of ether oxygens (including phenoxy) is 1. The zero-order chi connectivity index (χ0) is 15.1. The minimum Gasteiger partial charge on any atom is -0.487 e. The Hall–Kier alpha value is -0.780. The van der Waals surface area contributed by atoms with Gasteiger partial charge in [-0.2, -0.15) is 0 Å². The van der Waals surface area contributed by atoms with Crippen LogP contribution in [0.4, 0.5) is 0 Å². The van der Waals surface area contributed by atoms with Crippen LogP contribution < -0.4 is 10.5 Å². The maximum absolute atomic E-state index is 11.2. The highest BCUT2D eigenvalue weighted by molar-refractivity contribution is 7.92. The van der Waals surface area contributed by atoms with Gasteiger partial charge < -0.3 is 10.5 Å². The van der Waals surface area contributed by atoms with Crippen molar-refractivity contribution < 1.29 is 13.2 Å². The highest BCUT2D eigenvalue weighted by Crippen LogP contribution is 2.42. The molecule has 0 unspecified atom stereocenters. The maximum Gasteiger partial charge on any atom is 0.157 e. The summed E-state index contributed by atoms with van der Waals surface area (Å²) in [5.41, 5.74) is 7.20. The van der Waals surface area contributed by atoms with Crippen LogP contribution in [-0.2, 0) is 15.3 Å². The lowest BCUT2D eigenvalue weighted by molar-refractivity contribution is 0.230. The molecular formula is C15H20ClNO3S. The van der Waals surface area contributed by atoms with E-state index in [2.05, 4.69) is 0 Å². The van der Waals surface area contributed by atoms with Crippen molar-refractivity contribution in [3.05, 3.63) is 28.8 Å². The highest BCUT2D eigenvalue weighted by atomic mass is 35.5.